The molecule has 21 heavy (non-hydrogen) atoms. The van der Waals surface area contributed by atoms with Gasteiger partial charge in [0.2, 0.25) is 0 Å². The van der Waals surface area contributed by atoms with E-state index in [9.17, 15) is 0 Å². The van der Waals surface area contributed by atoms with E-state index in [0.717, 1.165) is 13.1 Å². The van der Waals surface area contributed by atoms with Crippen molar-refractivity contribution < 1.29 is 0 Å². The molecule has 0 unspecified atom stereocenters. The first-order chi connectivity index (χ1) is 10.3. The van der Waals surface area contributed by atoms with Gasteiger partial charge < -0.3 is 5.32 Å². The van der Waals surface area contributed by atoms with Crippen LogP contribution in [0.1, 0.15) is 63.6 Å². The lowest BCUT2D eigenvalue weighted by Crippen LogP contribution is -2.39. The van der Waals surface area contributed by atoms with Gasteiger partial charge in [0, 0.05) is 12.6 Å². The molecular weight excluding hydrogens is 262 g/mol. The largest absolute Gasteiger partial charge is 0.312 e. The Bertz CT molecular complexity index is 485. The number of hydrogen-bond donors (Lipinski definition) is 1. The highest BCUT2D eigenvalue weighted by atomic mass is 15.3. The van der Waals surface area contributed by atoms with Crippen LogP contribution in [0.25, 0.3) is 0 Å². The minimum absolute atomic E-state index is 0.256. The number of nitrogens with one attached hydrogen (secondary N) is 1. The van der Waals surface area contributed by atoms with Crippen molar-refractivity contribution in [3.63, 3.8) is 0 Å². The Hall–Kier alpha value is -1.41. The summed E-state index contributed by atoms with van der Waals surface area (Å²) in [5.74, 6) is 0.256. The zero-order valence-electron chi connectivity index (χ0n) is 12.7. The van der Waals surface area contributed by atoms with Gasteiger partial charge in [0.15, 0.2) is 0 Å². The maximum atomic E-state index is 8.70. The first-order valence-electron chi connectivity index (χ1n) is 8.33. The smallest absolute Gasteiger partial charge is 0.252 e. The van der Waals surface area contributed by atoms with Crippen LogP contribution in [0.3, 0.4) is 0 Å². The van der Waals surface area contributed by atoms with Crippen molar-refractivity contribution in [2.24, 2.45) is 5.41 Å². The van der Waals surface area contributed by atoms with Crippen LogP contribution in [-0.2, 0) is 6.54 Å². The Kier molecular flexibility index (Phi) is 4.54. The highest BCUT2D eigenvalue weighted by Gasteiger charge is 2.35. The van der Waals surface area contributed by atoms with E-state index in [1.54, 1.807) is 11.0 Å². The van der Waals surface area contributed by atoms with Gasteiger partial charge in [-0.05, 0) is 43.9 Å². The highest BCUT2D eigenvalue weighted by molar-refractivity contribution is 5.05. The molecule has 1 heterocycles. The average Bonchev–Trinajstić information content (AvgIpc) is 2.98. The van der Waals surface area contributed by atoms with E-state index in [2.05, 4.69) is 15.4 Å². The second-order valence-corrected chi connectivity index (χ2v) is 6.73. The molecular formula is C16H25N5. The van der Waals surface area contributed by atoms with Gasteiger partial charge in [-0.15, -0.1) is 5.10 Å². The van der Waals surface area contributed by atoms with Gasteiger partial charge in [-0.3, -0.25) is 4.68 Å². The second-order valence-electron chi connectivity index (χ2n) is 6.73. The van der Waals surface area contributed by atoms with Crippen molar-refractivity contribution in [1.82, 2.24) is 20.1 Å². The fourth-order valence-corrected chi connectivity index (χ4v) is 4.07. The molecule has 0 atom stereocenters. The molecule has 5 nitrogen and oxygen atoms in total. The monoisotopic (exact) mass is 287 g/mol. The maximum absolute atomic E-state index is 8.70. The van der Waals surface area contributed by atoms with Crippen LogP contribution in [0.4, 0.5) is 0 Å². The van der Waals surface area contributed by atoms with Gasteiger partial charge in [0.1, 0.15) is 12.4 Å². The normalized spacial score (nSPS) is 22.2. The van der Waals surface area contributed by atoms with E-state index in [0.29, 0.717) is 11.5 Å². The third-order valence-electron chi connectivity index (χ3n) is 5.37. The summed E-state index contributed by atoms with van der Waals surface area (Å²) in [6.45, 7) is 1.70. The summed E-state index contributed by atoms with van der Waals surface area (Å²) in [7, 11) is 0. The summed E-state index contributed by atoms with van der Waals surface area (Å²) >= 11 is 0. The lowest BCUT2D eigenvalue weighted by atomic mass is 9.64. The van der Waals surface area contributed by atoms with Gasteiger partial charge in [0.25, 0.3) is 5.82 Å². The molecule has 2 fully saturated rings. The standard InChI is InChI=1S/C16H25N5/c17-12-15-19-13-21(20-15)11-10-18-14-4-8-16(9-5-14)6-2-1-3-7-16/h13-14,18H,1-11H2. The predicted octanol–water partition coefficient (Wildman–Crippen LogP) is 2.63. The summed E-state index contributed by atoms with van der Waals surface area (Å²) in [5, 5.41) is 16.4. The van der Waals surface area contributed by atoms with Crippen molar-refractivity contribution in [3.05, 3.63) is 12.2 Å². The molecule has 0 saturated heterocycles. The summed E-state index contributed by atoms with van der Waals surface area (Å²) in [6.07, 6.45) is 14.4. The number of aromatic nitrogens is 3. The second kappa shape index (κ2) is 6.57. The van der Waals surface area contributed by atoms with Gasteiger partial charge in [-0.1, -0.05) is 19.3 Å². The first kappa shape index (κ1) is 14.5. The SMILES string of the molecule is N#Cc1ncn(CCNC2CCC3(CCCCC3)CC2)n1. The summed E-state index contributed by atoms with van der Waals surface area (Å²) in [5.41, 5.74) is 0.698. The molecule has 2 aliphatic carbocycles. The first-order valence-corrected chi connectivity index (χ1v) is 8.33. The van der Waals surface area contributed by atoms with Crippen molar-refractivity contribution in [3.8, 4) is 6.07 Å². The zero-order valence-corrected chi connectivity index (χ0v) is 12.7. The van der Waals surface area contributed by atoms with E-state index in [1.807, 2.05) is 6.07 Å². The predicted molar refractivity (Wildman–Crippen MR) is 80.5 cm³/mol. The van der Waals surface area contributed by atoms with Crippen LogP contribution in [0, 0.1) is 16.7 Å². The van der Waals surface area contributed by atoms with Crippen molar-refractivity contribution >= 4 is 0 Å². The minimum Gasteiger partial charge on any atom is -0.312 e. The van der Waals surface area contributed by atoms with E-state index < -0.39 is 0 Å². The molecule has 2 saturated carbocycles. The average molecular weight is 287 g/mol. The number of rotatable bonds is 4. The number of nitrogens with zero attached hydrogens (tertiary/aromatic N) is 4. The van der Waals surface area contributed by atoms with Crippen molar-refractivity contribution in [2.75, 3.05) is 6.54 Å². The minimum atomic E-state index is 0.256. The third kappa shape index (κ3) is 3.62. The number of nitriles is 1. The lowest BCUT2D eigenvalue weighted by molar-refractivity contribution is 0.107. The highest BCUT2D eigenvalue weighted by Crippen LogP contribution is 2.47. The quantitative estimate of drug-likeness (QED) is 0.924. The Morgan fingerprint density at radius 2 is 2.00 bits per heavy atom. The Morgan fingerprint density at radius 1 is 1.24 bits per heavy atom. The van der Waals surface area contributed by atoms with Crippen LogP contribution < -0.4 is 5.32 Å². The number of hydrogen-bond acceptors (Lipinski definition) is 4. The van der Waals surface area contributed by atoms with Crippen LogP contribution >= 0.6 is 0 Å². The molecule has 1 aromatic heterocycles. The Balaban J connectivity index is 1.38. The molecule has 114 valence electrons. The van der Waals surface area contributed by atoms with E-state index in [-0.39, 0.29) is 5.82 Å². The summed E-state index contributed by atoms with van der Waals surface area (Å²) < 4.78 is 1.75. The molecule has 1 aromatic rings. The maximum Gasteiger partial charge on any atom is 0.252 e. The van der Waals surface area contributed by atoms with Gasteiger partial charge in [-0.2, -0.15) is 5.26 Å². The molecule has 0 radical (unpaired) electrons. The van der Waals surface area contributed by atoms with Crippen molar-refractivity contribution in [2.45, 2.75) is 70.4 Å². The molecule has 0 bridgehead atoms. The molecule has 0 aliphatic heterocycles. The Morgan fingerprint density at radius 3 is 2.67 bits per heavy atom. The van der Waals surface area contributed by atoms with E-state index >= 15 is 0 Å². The van der Waals surface area contributed by atoms with Crippen LogP contribution in [0.2, 0.25) is 0 Å². The van der Waals surface area contributed by atoms with Gasteiger partial charge >= 0.3 is 0 Å². The fraction of sp³-hybridized carbons (Fsp3) is 0.812. The molecule has 1 spiro atoms. The molecule has 3 rings (SSSR count). The lowest BCUT2D eigenvalue weighted by Gasteiger charge is -2.43. The van der Waals surface area contributed by atoms with Gasteiger partial charge in [0.05, 0.1) is 6.54 Å². The summed E-state index contributed by atoms with van der Waals surface area (Å²) in [4.78, 5) is 3.92. The van der Waals surface area contributed by atoms with Crippen LogP contribution in [0.5, 0.6) is 0 Å². The van der Waals surface area contributed by atoms with Crippen molar-refractivity contribution in [1.29, 1.82) is 5.26 Å². The summed E-state index contributed by atoms with van der Waals surface area (Å²) in [6, 6.07) is 2.62. The molecule has 5 heteroatoms. The van der Waals surface area contributed by atoms with Crippen LogP contribution in [-0.4, -0.2) is 27.4 Å². The topological polar surface area (TPSA) is 66.5 Å². The van der Waals surface area contributed by atoms with E-state index in [4.69, 9.17) is 5.26 Å². The fourth-order valence-electron chi connectivity index (χ4n) is 4.07. The Labute approximate surface area is 126 Å². The molecule has 0 aromatic carbocycles. The van der Waals surface area contributed by atoms with Gasteiger partial charge in [-0.25, -0.2) is 4.98 Å². The zero-order chi connectivity index (χ0) is 14.5. The molecule has 2 aliphatic rings. The van der Waals surface area contributed by atoms with E-state index in [1.165, 1.54) is 57.8 Å². The third-order valence-corrected chi connectivity index (χ3v) is 5.37. The molecule has 1 N–H and O–H groups in total. The molecule has 0 amide bonds. The van der Waals surface area contributed by atoms with Crippen LogP contribution in [0.15, 0.2) is 6.33 Å².